The van der Waals surface area contributed by atoms with Crippen LogP contribution in [0.5, 0.6) is 11.5 Å². The third-order valence-electron chi connectivity index (χ3n) is 3.49. The number of nitrogens with zero attached hydrogens (tertiary/aromatic N) is 2. The number of hydrogen-bond donors (Lipinski definition) is 2. The first-order chi connectivity index (χ1) is 10.7. The summed E-state index contributed by atoms with van der Waals surface area (Å²) in [5, 5.41) is 27.0. The van der Waals surface area contributed by atoms with Crippen LogP contribution < -0.4 is 0 Å². The highest BCUT2D eigenvalue weighted by Crippen LogP contribution is 2.31. The highest BCUT2D eigenvalue weighted by molar-refractivity contribution is 5.53. The van der Waals surface area contributed by atoms with Gasteiger partial charge >= 0.3 is 0 Å². The molecule has 4 nitrogen and oxygen atoms in total. The van der Waals surface area contributed by atoms with Gasteiger partial charge in [0.05, 0.1) is 5.69 Å². The third kappa shape index (κ3) is 4.88. The van der Waals surface area contributed by atoms with Crippen LogP contribution in [0.25, 0.3) is 0 Å². The molecule has 0 radical (unpaired) electrons. The van der Waals surface area contributed by atoms with Crippen LogP contribution in [-0.2, 0) is 6.42 Å². The average Bonchev–Trinajstić information content (AvgIpc) is 2.52. The van der Waals surface area contributed by atoms with Crippen molar-refractivity contribution in [3.05, 3.63) is 48.0 Å². The number of rotatable bonds is 7. The number of benzene rings is 2. The maximum atomic E-state index is 9.64. The van der Waals surface area contributed by atoms with E-state index < -0.39 is 0 Å². The van der Waals surface area contributed by atoms with Crippen LogP contribution in [0.4, 0.5) is 11.4 Å². The molecule has 0 aliphatic carbocycles. The fraction of sp³-hybridized carbons (Fsp3) is 0.333. The molecule has 2 rings (SSSR count). The topological polar surface area (TPSA) is 65.2 Å². The van der Waals surface area contributed by atoms with Crippen LogP contribution in [0, 0.1) is 0 Å². The van der Waals surface area contributed by atoms with Crippen molar-refractivity contribution in [2.45, 2.75) is 39.0 Å². The molecule has 0 saturated heterocycles. The Morgan fingerprint density at radius 2 is 1.64 bits per heavy atom. The van der Waals surface area contributed by atoms with E-state index in [-0.39, 0.29) is 11.5 Å². The smallest absolute Gasteiger partial charge is 0.146 e. The SMILES string of the molecule is CCCCCCc1ccc(/N=N/c2ccc(O)cc2O)cc1. The number of hydrogen-bond acceptors (Lipinski definition) is 4. The predicted molar refractivity (Wildman–Crippen MR) is 88.2 cm³/mol. The van der Waals surface area contributed by atoms with Crippen molar-refractivity contribution in [2.75, 3.05) is 0 Å². The van der Waals surface area contributed by atoms with Gasteiger partial charge in [-0.2, -0.15) is 5.11 Å². The maximum absolute atomic E-state index is 9.64. The fourth-order valence-electron chi connectivity index (χ4n) is 2.19. The van der Waals surface area contributed by atoms with E-state index in [1.165, 1.54) is 49.4 Å². The van der Waals surface area contributed by atoms with E-state index in [4.69, 9.17) is 0 Å². The van der Waals surface area contributed by atoms with E-state index >= 15 is 0 Å². The molecule has 0 aliphatic heterocycles. The van der Waals surface area contributed by atoms with Gasteiger partial charge in [-0.1, -0.05) is 38.3 Å². The molecule has 0 heterocycles. The first kappa shape index (κ1) is 16.0. The van der Waals surface area contributed by atoms with Crippen molar-refractivity contribution >= 4 is 11.4 Å². The second-order valence-corrected chi connectivity index (χ2v) is 5.35. The van der Waals surface area contributed by atoms with Gasteiger partial charge in [0.15, 0.2) is 0 Å². The van der Waals surface area contributed by atoms with E-state index in [1.807, 2.05) is 12.1 Å². The predicted octanol–water partition coefficient (Wildman–Crippen LogP) is 5.64. The number of phenols is 2. The number of phenolic OH excluding ortho intramolecular Hbond substituents is 2. The van der Waals surface area contributed by atoms with Crippen molar-refractivity contribution in [1.29, 1.82) is 0 Å². The summed E-state index contributed by atoms with van der Waals surface area (Å²) in [5.41, 5.74) is 2.38. The van der Waals surface area contributed by atoms with E-state index in [0.29, 0.717) is 5.69 Å². The molecular weight excluding hydrogens is 276 g/mol. The summed E-state index contributed by atoms with van der Waals surface area (Å²) in [7, 11) is 0. The van der Waals surface area contributed by atoms with Gasteiger partial charge in [-0.05, 0) is 42.7 Å². The quantitative estimate of drug-likeness (QED) is 0.513. The zero-order valence-electron chi connectivity index (χ0n) is 12.9. The zero-order chi connectivity index (χ0) is 15.8. The van der Waals surface area contributed by atoms with E-state index in [2.05, 4.69) is 29.3 Å². The molecule has 0 saturated carbocycles. The molecule has 2 aromatic carbocycles. The lowest BCUT2D eigenvalue weighted by molar-refractivity contribution is 0.451. The average molecular weight is 298 g/mol. The van der Waals surface area contributed by atoms with Crippen LogP contribution in [0.1, 0.15) is 38.2 Å². The maximum Gasteiger partial charge on any atom is 0.146 e. The minimum Gasteiger partial charge on any atom is -0.508 e. The lowest BCUT2D eigenvalue weighted by atomic mass is 10.1. The molecule has 4 heteroatoms. The highest BCUT2D eigenvalue weighted by atomic mass is 16.3. The van der Waals surface area contributed by atoms with Crippen LogP contribution in [0.15, 0.2) is 52.7 Å². The van der Waals surface area contributed by atoms with Gasteiger partial charge in [0, 0.05) is 6.07 Å². The fourth-order valence-corrected chi connectivity index (χ4v) is 2.19. The molecule has 0 unspecified atom stereocenters. The van der Waals surface area contributed by atoms with Gasteiger partial charge in [0.1, 0.15) is 17.2 Å². The highest BCUT2D eigenvalue weighted by Gasteiger charge is 2.01. The van der Waals surface area contributed by atoms with E-state index in [0.717, 1.165) is 12.1 Å². The molecular formula is C18H22N2O2. The van der Waals surface area contributed by atoms with Crippen LogP contribution in [0.2, 0.25) is 0 Å². The Hall–Kier alpha value is -2.36. The van der Waals surface area contributed by atoms with Crippen molar-refractivity contribution in [2.24, 2.45) is 10.2 Å². The molecule has 0 fully saturated rings. The summed E-state index contributed by atoms with van der Waals surface area (Å²) in [6, 6.07) is 12.2. The minimum atomic E-state index is -0.0868. The molecule has 0 aromatic heterocycles. The number of azo groups is 1. The van der Waals surface area contributed by atoms with Crippen LogP contribution >= 0.6 is 0 Å². The van der Waals surface area contributed by atoms with Crippen molar-refractivity contribution in [3.8, 4) is 11.5 Å². The number of aryl methyl sites for hydroxylation is 1. The third-order valence-corrected chi connectivity index (χ3v) is 3.49. The minimum absolute atomic E-state index is 0.00359. The Morgan fingerprint density at radius 3 is 2.32 bits per heavy atom. The summed E-state index contributed by atoms with van der Waals surface area (Å²) in [4.78, 5) is 0. The Morgan fingerprint density at radius 1 is 0.864 bits per heavy atom. The van der Waals surface area contributed by atoms with Crippen molar-refractivity contribution in [3.63, 3.8) is 0 Å². The van der Waals surface area contributed by atoms with E-state index in [9.17, 15) is 10.2 Å². The Bertz CT molecular complexity index is 621. The first-order valence-corrected chi connectivity index (χ1v) is 7.71. The second-order valence-electron chi connectivity index (χ2n) is 5.35. The summed E-state index contributed by atoms with van der Waals surface area (Å²) in [6.07, 6.45) is 6.14. The van der Waals surface area contributed by atoms with E-state index in [1.54, 1.807) is 0 Å². The Labute approximate surface area is 131 Å². The van der Waals surface area contributed by atoms with Gasteiger partial charge in [0.2, 0.25) is 0 Å². The molecule has 0 bridgehead atoms. The Balaban J connectivity index is 1.94. The molecule has 0 amide bonds. The Kier molecular flexibility index (Phi) is 5.95. The molecule has 0 spiro atoms. The first-order valence-electron chi connectivity index (χ1n) is 7.71. The van der Waals surface area contributed by atoms with Crippen LogP contribution in [0.3, 0.4) is 0 Å². The van der Waals surface area contributed by atoms with Crippen LogP contribution in [-0.4, -0.2) is 10.2 Å². The lowest BCUT2D eigenvalue weighted by Gasteiger charge is -2.02. The molecule has 2 aromatic rings. The van der Waals surface area contributed by atoms with Crippen molar-refractivity contribution < 1.29 is 10.2 Å². The number of aromatic hydroxyl groups is 2. The zero-order valence-corrected chi connectivity index (χ0v) is 12.9. The summed E-state index contributed by atoms with van der Waals surface area (Å²) in [6.45, 7) is 2.21. The lowest BCUT2D eigenvalue weighted by Crippen LogP contribution is -1.84. The second kappa shape index (κ2) is 8.17. The van der Waals surface area contributed by atoms with Gasteiger partial charge < -0.3 is 10.2 Å². The molecule has 22 heavy (non-hydrogen) atoms. The largest absolute Gasteiger partial charge is 0.508 e. The summed E-state index contributed by atoms with van der Waals surface area (Å²) < 4.78 is 0. The molecule has 2 N–H and O–H groups in total. The standard InChI is InChI=1S/C18H22N2O2/c1-2-3-4-5-6-14-7-9-15(10-8-14)19-20-17-12-11-16(21)13-18(17)22/h7-13,21-22H,2-6H2,1H3/b20-19+. The van der Waals surface area contributed by atoms with Gasteiger partial charge in [-0.3, -0.25) is 0 Å². The van der Waals surface area contributed by atoms with Gasteiger partial charge in [-0.15, -0.1) is 5.11 Å². The monoisotopic (exact) mass is 298 g/mol. The molecule has 0 atom stereocenters. The van der Waals surface area contributed by atoms with Gasteiger partial charge in [0.25, 0.3) is 0 Å². The summed E-state index contributed by atoms with van der Waals surface area (Å²) >= 11 is 0. The molecule has 116 valence electrons. The molecule has 0 aliphatic rings. The summed E-state index contributed by atoms with van der Waals surface area (Å²) in [5.74, 6) is -0.0832. The number of unbranched alkanes of at least 4 members (excludes halogenated alkanes) is 3. The van der Waals surface area contributed by atoms with Crippen molar-refractivity contribution in [1.82, 2.24) is 0 Å². The normalized spacial score (nSPS) is 11.1. The van der Waals surface area contributed by atoms with Gasteiger partial charge in [-0.25, -0.2) is 0 Å².